The van der Waals surface area contributed by atoms with Gasteiger partial charge in [-0.2, -0.15) is 0 Å². The molecule has 0 spiro atoms. The summed E-state index contributed by atoms with van der Waals surface area (Å²) in [6, 6.07) is 21.2. The van der Waals surface area contributed by atoms with Gasteiger partial charge in [0.05, 0.1) is 4.22 Å². The fourth-order valence-corrected chi connectivity index (χ4v) is 3.43. The summed E-state index contributed by atoms with van der Waals surface area (Å²) in [4.78, 5) is 0. The first-order chi connectivity index (χ1) is 9.31. The molecule has 0 bridgehead atoms. The second-order valence-corrected chi connectivity index (χ2v) is 6.08. The number of hydrogen-bond acceptors (Lipinski definition) is 0. The highest BCUT2D eigenvalue weighted by atomic mass is 79.9. The molecule has 2 heteroatoms. The molecule has 1 atom stereocenters. The molecule has 0 amide bonds. The number of halogens is 1. The molecule has 19 heavy (non-hydrogen) atoms. The zero-order valence-electron chi connectivity index (χ0n) is 10.5. The van der Waals surface area contributed by atoms with Gasteiger partial charge in [-0.3, -0.25) is 0 Å². The Morgan fingerprint density at radius 1 is 0.789 bits per heavy atom. The molecule has 1 unspecified atom stereocenters. The lowest BCUT2D eigenvalue weighted by Crippen LogP contribution is -2.45. The SMILES string of the molecule is BrC1(c2ccccc2)C=CC=CB1c1ccccc1. The standard InChI is InChI=1S/C17H14BBr/c19-17(15-9-3-1-4-10-15)13-7-8-14-18(17)16-11-5-2-6-12-16/h1-14H. The van der Waals surface area contributed by atoms with Crippen molar-refractivity contribution < 1.29 is 0 Å². The minimum atomic E-state index is -0.162. The van der Waals surface area contributed by atoms with E-state index < -0.39 is 0 Å². The minimum absolute atomic E-state index is 0.162. The molecule has 0 aliphatic carbocycles. The first kappa shape index (κ1) is 12.5. The van der Waals surface area contributed by atoms with E-state index in [1.54, 1.807) is 0 Å². The summed E-state index contributed by atoms with van der Waals surface area (Å²) in [5.41, 5.74) is 2.60. The van der Waals surface area contributed by atoms with Crippen molar-refractivity contribution in [2.75, 3.05) is 0 Å². The van der Waals surface area contributed by atoms with Gasteiger partial charge in [-0.05, 0) is 5.56 Å². The summed E-state index contributed by atoms with van der Waals surface area (Å²) < 4.78 is -0.162. The predicted molar refractivity (Wildman–Crippen MR) is 87.2 cm³/mol. The Morgan fingerprint density at radius 2 is 1.42 bits per heavy atom. The monoisotopic (exact) mass is 308 g/mol. The highest BCUT2D eigenvalue weighted by molar-refractivity contribution is 9.10. The second-order valence-electron chi connectivity index (χ2n) is 4.77. The first-order valence-corrected chi connectivity index (χ1v) is 7.25. The van der Waals surface area contributed by atoms with Crippen molar-refractivity contribution in [3.05, 3.63) is 90.4 Å². The van der Waals surface area contributed by atoms with Crippen LogP contribution in [-0.4, -0.2) is 6.71 Å². The molecule has 2 aromatic rings. The van der Waals surface area contributed by atoms with Gasteiger partial charge >= 0.3 is 0 Å². The summed E-state index contributed by atoms with van der Waals surface area (Å²) in [6.07, 6.45) is 6.47. The maximum atomic E-state index is 3.97. The molecule has 3 rings (SSSR count). The maximum Gasteiger partial charge on any atom is 0.229 e. The van der Waals surface area contributed by atoms with Crippen molar-refractivity contribution in [1.29, 1.82) is 0 Å². The van der Waals surface area contributed by atoms with Crippen molar-refractivity contribution >= 4 is 28.1 Å². The molecule has 92 valence electrons. The van der Waals surface area contributed by atoms with Crippen LogP contribution in [0.5, 0.6) is 0 Å². The van der Waals surface area contributed by atoms with Crippen LogP contribution in [0.25, 0.3) is 0 Å². The normalized spacial score (nSPS) is 21.6. The van der Waals surface area contributed by atoms with Gasteiger partial charge in [0.1, 0.15) is 0 Å². The van der Waals surface area contributed by atoms with Crippen LogP contribution in [0.2, 0.25) is 0 Å². The molecular formula is C17H14BBr. The van der Waals surface area contributed by atoms with Crippen LogP contribution in [0.4, 0.5) is 0 Å². The average molecular weight is 309 g/mol. The van der Waals surface area contributed by atoms with E-state index >= 15 is 0 Å². The number of alkyl halides is 1. The lowest BCUT2D eigenvalue weighted by Gasteiger charge is -2.32. The van der Waals surface area contributed by atoms with E-state index in [-0.39, 0.29) is 4.22 Å². The molecule has 0 fully saturated rings. The molecule has 0 N–H and O–H groups in total. The fraction of sp³-hybridized carbons (Fsp3) is 0.0588. The molecule has 0 saturated heterocycles. The molecule has 0 nitrogen and oxygen atoms in total. The number of allylic oxidation sites excluding steroid dienone is 3. The first-order valence-electron chi connectivity index (χ1n) is 6.46. The molecule has 1 heterocycles. The van der Waals surface area contributed by atoms with E-state index in [1.807, 2.05) is 0 Å². The Morgan fingerprint density at radius 3 is 2.11 bits per heavy atom. The van der Waals surface area contributed by atoms with Crippen LogP contribution in [0.3, 0.4) is 0 Å². The van der Waals surface area contributed by atoms with E-state index in [2.05, 4.69) is 101 Å². The van der Waals surface area contributed by atoms with Crippen LogP contribution < -0.4 is 5.46 Å². The zero-order chi connectivity index (χ0) is 13.1. The molecule has 0 saturated carbocycles. The number of benzene rings is 2. The van der Waals surface area contributed by atoms with E-state index in [1.165, 1.54) is 11.0 Å². The topological polar surface area (TPSA) is 0 Å². The highest BCUT2D eigenvalue weighted by Gasteiger charge is 2.39. The lowest BCUT2D eigenvalue weighted by atomic mass is 9.35. The van der Waals surface area contributed by atoms with Crippen LogP contribution >= 0.6 is 15.9 Å². The second kappa shape index (κ2) is 5.22. The van der Waals surface area contributed by atoms with Crippen molar-refractivity contribution in [2.24, 2.45) is 0 Å². The number of hydrogen-bond donors (Lipinski definition) is 0. The van der Waals surface area contributed by atoms with Gasteiger partial charge in [-0.25, -0.2) is 0 Å². The van der Waals surface area contributed by atoms with Crippen molar-refractivity contribution in [3.8, 4) is 0 Å². The quantitative estimate of drug-likeness (QED) is 0.583. The minimum Gasteiger partial charge on any atom is -0.108 e. The molecule has 0 aromatic heterocycles. The van der Waals surface area contributed by atoms with Gasteiger partial charge < -0.3 is 0 Å². The summed E-state index contributed by atoms with van der Waals surface area (Å²) in [6.45, 7) is 0.307. The van der Waals surface area contributed by atoms with Crippen LogP contribution in [0.1, 0.15) is 5.56 Å². The Labute approximate surface area is 123 Å². The van der Waals surface area contributed by atoms with Crippen LogP contribution in [0.15, 0.2) is 84.9 Å². The van der Waals surface area contributed by atoms with Crippen molar-refractivity contribution in [2.45, 2.75) is 4.22 Å². The van der Waals surface area contributed by atoms with Crippen molar-refractivity contribution in [3.63, 3.8) is 0 Å². The van der Waals surface area contributed by atoms with Gasteiger partial charge in [-0.15, -0.1) is 5.98 Å². The van der Waals surface area contributed by atoms with Gasteiger partial charge in [0.15, 0.2) is 0 Å². The smallest absolute Gasteiger partial charge is 0.108 e. The lowest BCUT2D eigenvalue weighted by molar-refractivity contribution is 1.11. The summed E-state index contributed by atoms with van der Waals surface area (Å²) in [5, 5.41) is 0. The van der Waals surface area contributed by atoms with E-state index in [9.17, 15) is 0 Å². The fourth-order valence-electron chi connectivity index (χ4n) is 2.60. The van der Waals surface area contributed by atoms with Gasteiger partial charge in [0.25, 0.3) is 0 Å². The largest absolute Gasteiger partial charge is 0.229 e. The molecule has 1 aliphatic rings. The zero-order valence-corrected chi connectivity index (χ0v) is 12.1. The van der Waals surface area contributed by atoms with Crippen LogP contribution in [-0.2, 0) is 4.22 Å². The molecule has 0 radical (unpaired) electrons. The van der Waals surface area contributed by atoms with E-state index in [0.29, 0.717) is 6.71 Å². The predicted octanol–water partition coefficient (Wildman–Crippen LogP) is 3.88. The van der Waals surface area contributed by atoms with Crippen LogP contribution in [0, 0.1) is 0 Å². The maximum absolute atomic E-state index is 3.97. The molecular weight excluding hydrogens is 295 g/mol. The van der Waals surface area contributed by atoms with Crippen molar-refractivity contribution in [1.82, 2.24) is 0 Å². The average Bonchev–Trinajstić information content (AvgIpc) is 2.49. The molecule has 1 aliphatic heterocycles. The Hall–Kier alpha value is -1.54. The van der Waals surface area contributed by atoms with Gasteiger partial charge in [-0.1, -0.05) is 100 Å². The summed E-state index contributed by atoms with van der Waals surface area (Å²) >= 11 is 3.97. The van der Waals surface area contributed by atoms with E-state index in [4.69, 9.17) is 0 Å². The highest BCUT2D eigenvalue weighted by Crippen LogP contribution is 2.37. The summed E-state index contributed by atoms with van der Waals surface area (Å²) in [7, 11) is 0. The Bertz CT molecular complexity index is 604. The third kappa shape index (κ3) is 2.33. The van der Waals surface area contributed by atoms with Gasteiger partial charge in [0.2, 0.25) is 6.71 Å². The third-order valence-electron chi connectivity index (χ3n) is 3.58. The van der Waals surface area contributed by atoms with Gasteiger partial charge in [0, 0.05) is 0 Å². The molecule has 2 aromatic carbocycles. The Balaban J connectivity index is 2.08. The summed E-state index contributed by atoms with van der Waals surface area (Å²) in [5.74, 6) is 2.26. The third-order valence-corrected chi connectivity index (χ3v) is 4.80. The number of rotatable bonds is 2. The Kier molecular flexibility index (Phi) is 3.43. The van der Waals surface area contributed by atoms with E-state index in [0.717, 1.165) is 0 Å².